The van der Waals surface area contributed by atoms with Gasteiger partial charge in [-0.3, -0.25) is 0 Å². The summed E-state index contributed by atoms with van der Waals surface area (Å²) in [5.41, 5.74) is 1.13. The summed E-state index contributed by atoms with van der Waals surface area (Å²) in [7, 11) is 1.82. The molecule has 3 rings (SSSR count). The average Bonchev–Trinajstić information content (AvgIpc) is 3.15. The molecule has 1 aromatic rings. The minimum Gasteiger partial charge on any atom is -0.485 e. The van der Waals surface area contributed by atoms with Crippen molar-refractivity contribution in [1.29, 1.82) is 0 Å². The van der Waals surface area contributed by atoms with Crippen molar-refractivity contribution in [2.45, 2.75) is 44.9 Å². The van der Waals surface area contributed by atoms with Crippen molar-refractivity contribution >= 4 is 11.7 Å². The third-order valence-electron chi connectivity index (χ3n) is 5.00. The minimum atomic E-state index is -0.0755. The van der Waals surface area contributed by atoms with Gasteiger partial charge >= 0.3 is 6.03 Å². The Kier molecular flexibility index (Phi) is 5.68. The van der Waals surface area contributed by atoms with Crippen LogP contribution in [0.3, 0.4) is 0 Å². The van der Waals surface area contributed by atoms with E-state index in [-0.39, 0.29) is 24.3 Å². The van der Waals surface area contributed by atoms with Gasteiger partial charge in [0.1, 0.15) is 11.9 Å². The Labute approximate surface area is 150 Å². The molecule has 0 saturated carbocycles. The monoisotopic (exact) mass is 347 g/mol. The van der Waals surface area contributed by atoms with Crippen LogP contribution in [0.1, 0.15) is 26.7 Å². The van der Waals surface area contributed by atoms with E-state index in [2.05, 4.69) is 23.2 Å². The number of ether oxygens (including phenoxy) is 2. The van der Waals surface area contributed by atoms with Gasteiger partial charge < -0.3 is 24.6 Å². The Morgan fingerprint density at radius 2 is 2.24 bits per heavy atom. The van der Waals surface area contributed by atoms with Crippen molar-refractivity contribution in [3.63, 3.8) is 0 Å². The maximum absolute atomic E-state index is 12.5. The van der Waals surface area contributed by atoms with Crippen molar-refractivity contribution in [1.82, 2.24) is 10.2 Å². The van der Waals surface area contributed by atoms with Crippen molar-refractivity contribution in [2.24, 2.45) is 0 Å². The van der Waals surface area contributed by atoms with Crippen LogP contribution in [0.2, 0.25) is 0 Å². The number of anilines is 1. The number of carbonyl (C=O) groups excluding carboxylic acids is 1. The summed E-state index contributed by atoms with van der Waals surface area (Å²) in [5, 5.41) is 3.05. The number of carbonyl (C=O) groups is 1. The van der Waals surface area contributed by atoms with E-state index in [1.807, 2.05) is 32.2 Å². The van der Waals surface area contributed by atoms with Gasteiger partial charge in [0.2, 0.25) is 0 Å². The lowest BCUT2D eigenvalue weighted by Gasteiger charge is -2.37. The van der Waals surface area contributed by atoms with Gasteiger partial charge in [-0.1, -0.05) is 12.1 Å². The second-order valence-corrected chi connectivity index (χ2v) is 6.92. The highest BCUT2D eigenvalue weighted by Gasteiger charge is 2.28. The molecular weight excluding hydrogens is 318 g/mol. The summed E-state index contributed by atoms with van der Waals surface area (Å²) in [4.78, 5) is 16.5. The van der Waals surface area contributed by atoms with Crippen LogP contribution in [-0.2, 0) is 4.74 Å². The second kappa shape index (κ2) is 7.95. The molecule has 0 radical (unpaired) electrons. The lowest BCUT2D eigenvalue weighted by molar-refractivity contribution is 0.0822. The molecule has 0 unspecified atom stereocenters. The van der Waals surface area contributed by atoms with Crippen LogP contribution in [-0.4, -0.2) is 62.5 Å². The van der Waals surface area contributed by atoms with E-state index in [9.17, 15) is 4.79 Å². The lowest BCUT2D eigenvalue weighted by atomic mass is 10.1. The largest absolute Gasteiger partial charge is 0.485 e. The number of fused-ring (bicyclic) bond motifs is 1. The molecule has 138 valence electrons. The third-order valence-corrected chi connectivity index (χ3v) is 5.00. The van der Waals surface area contributed by atoms with Crippen LogP contribution >= 0.6 is 0 Å². The molecule has 25 heavy (non-hydrogen) atoms. The van der Waals surface area contributed by atoms with Gasteiger partial charge in [-0.25, -0.2) is 4.79 Å². The zero-order chi connectivity index (χ0) is 17.8. The summed E-state index contributed by atoms with van der Waals surface area (Å²) in [6, 6.07) is 8.02. The maximum atomic E-state index is 12.5. The van der Waals surface area contributed by atoms with E-state index in [1.165, 1.54) is 0 Å². The fourth-order valence-electron chi connectivity index (χ4n) is 3.56. The predicted octanol–water partition coefficient (Wildman–Crippen LogP) is 2.48. The molecule has 1 aromatic carbocycles. The Morgan fingerprint density at radius 3 is 2.96 bits per heavy atom. The Hall–Kier alpha value is -1.95. The van der Waals surface area contributed by atoms with E-state index in [0.717, 1.165) is 44.0 Å². The Morgan fingerprint density at radius 1 is 1.44 bits per heavy atom. The fourth-order valence-corrected chi connectivity index (χ4v) is 3.56. The molecule has 0 spiro atoms. The van der Waals surface area contributed by atoms with Gasteiger partial charge in [-0.05, 0) is 38.8 Å². The number of amides is 2. The van der Waals surface area contributed by atoms with Gasteiger partial charge in [-0.15, -0.1) is 0 Å². The first-order valence-corrected chi connectivity index (χ1v) is 9.22. The first kappa shape index (κ1) is 17.9. The molecule has 2 amide bonds. The molecule has 0 aliphatic carbocycles. The summed E-state index contributed by atoms with van der Waals surface area (Å²) in [5.74, 6) is 0.891. The zero-order valence-electron chi connectivity index (χ0n) is 15.4. The number of para-hydroxylation sites is 2. The first-order valence-electron chi connectivity index (χ1n) is 9.22. The van der Waals surface area contributed by atoms with Crippen LogP contribution in [0.5, 0.6) is 5.75 Å². The standard InChI is InChI=1S/C19H29N3O3/c1-4-22-13-15(25-18-9-6-5-8-16(18)22)12-21(3)19(23)20-14(2)17-10-7-11-24-17/h5-6,8-9,14-15,17H,4,7,10-13H2,1-3H3,(H,20,23)/t14-,15+,17-/m1/s1. The number of nitrogens with one attached hydrogen (secondary N) is 1. The minimum absolute atomic E-state index is 0.0255. The lowest BCUT2D eigenvalue weighted by Crippen LogP contribution is -2.51. The molecule has 1 saturated heterocycles. The van der Waals surface area contributed by atoms with Gasteiger partial charge in [0.05, 0.1) is 30.9 Å². The third kappa shape index (κ3) is 4.18. The molecule has 1 N–H and O–H groups in total. The summed E-state index contributed by atoms with van der Waals surface area (Å²) in [6.45, 7) is 7.19. The first-order chi connectivity index (χ1) is 12.1. The summed E-state index contributed by atoms with van der Waals surface area (Å²) < 4.78 is 11.7. The van der Waals surface area contributed by atoms with E-state index in [4.69, 9.17) is 9.47 Å². The SMILES string of the molecule is CCN1C[C@H](CN(C)C(=O)N[C@H](C)[C@H]2CCCO2)Oc2ccccc21. The Balaban J connectivity index is 1.55. The van der Waals surface area contributed by atoms with Gasteiger partial charge in [0, 0.05) is 20.2 Å². The number of urea groups is 1. The summed E-state index contributed by atoms with van der Waals surface area (Å²) in [6.07, 6.45) is 2.18. The summed E-state index contributed by atoms with van der Waals surface area (Å²) >= 11 is 0. The van der Waals surface area contributed by atoms with E-state index < -0.39 is 0 Å². The maximum Gasteiger partial charge on any atom is 0.317 e. The number of hydrogen-bond acceptors (Lipinski definition) is 4. The zero-order valence-corrected chi connectivity index (χ0v) is 15.4. The van der Waals surface area contributed by atoms with Gasteiger partial charge in [0.25, 0.3) is 0 Å². The molecule has 0 bridgehead atoms. The molecule has 3 atom stereocenters. The molecule has 6 heteroatoms. The smallest absolute Gasteiger partial charge is 0.317 e. The number of nitrogens with zero attached hydrogens (tertiary/aromatic N) is 2. The number of hydrogen-bond donors (Lipinski definition) is 1. The fraction of sp³-hybridized carbons (Fsp3) is 0.632. The van der Waals surface area contributed by atoms with Crippen molar-refractivity contribution < 1.29 is 14.3 Å². The number of rotatable bonds is 5. The van der Waals surface area contributed by atoms with E-state index >= 15 is 0 Å². The quantitative estimate of drug-likeness (QED) is 0.889. The molecular formula is C19H29N3O3. The molecule has 1 fully saturated rings. The van der Waals surface area contributed by atoms with Crippen molar-refractivity contribution in [2.75, 3.05) is 38.2 Å². The molecule has 2 heterocycles. The van der Waals surface area contributed by atoms with E-state index in [1.54, 1.807) is 4.90 Å². The highest BCUT2D eigenvalue weighted by atomic mass is 16.5. The van der Waals surface area contributed by atoms with Crippen LogP contribution in [0.25, 0.3) is 0 Å². The molecule has 2 aliphatic rings. The van der Waals surface area contributed by atoms with Crippen molar-refractivity contribution in [3.05, 3.63) is 24.3 Å². The van der Waals surface area contributed by atoms with E-state index in [0.29, 0.717) is 6.54 Å². The molecule has 2 aliphatic heterocycles. The highest BCUT2D eigenvalue weighted by Crippen LogP contribution is 2.32. The Bertz CT molecular complexity index is 589. The molecule has 6 nitrogen and oxygen atoms in total. The number of likely N-dealkylation sites (N-methyl/N-ethyl adjacent to an activating group) is 2. The normalized spacial score (nSPS) is 23.6. The van der Waals surface area contributed by atoms with Crippen LogP contribution in [0.4, 0.5) is 10.5 Å². The number of benzene rings is 1. The molecule has 0 aromatic heterocycles. The van der Waals surface area contributed by atoms with Crippen molar-refractivity contribution in [3.8, 4) is 5.75 Å². The van der Waals surface area contributed by atoms with Crippen LogP contribution in [0.15, 0.2) is 24.3 Å². The second-order valence-electron chi connectivity index (χ2n) is 6.92. The average molecular weight is 347 g/mol. The topological polar surface area (TPSA) is 54.0 Å². The van der Waals surface area contributed by atoms with Crippen LogP contribution in [0, 0.1) is 0 Å². The van der Waals surface area contributed by atoms with Gasteiger partial charge in [-0.2, -0.15) is 0 Å². The highest BCUT2D eigenvalue weighted by molar-refractivity contribution is 5.74. The van der Waals surface area contributed by atoms with Crippen LogP contribution < -0.4 is 15.0 Å². The van der Waals surface area contributed by atoms with Gasteiger partial charge in [0.15, 0.2) is 0 Å². The predicted molar refractivity (Wildman–Crippen MR) is 98.3 cm³/mol.